The molecule has 1 amide bonds. The van der Waals surface area contributed by atoms with Gasteiger partial charge in [-0.25, -0.2) is 4.98 Å². The lowest BCUT2D eigenvalue weighted by Crippen LogP contribution is -2.37. The topological polar surface area (TPSA) is 45.2 Å². The van der Waals surface area contributed by atoms with Crippen molar-refractivity contribution in [3.8, 4) is 0 Å². The highest BCUT2D eigenvalue weighted by molar-refractivity contribution is 7.98. The maximum absolute atomic E-state index is 12.4. The second-order valence-corrected chi connectivity index (χ2v) is 5.06. The molecule has 1 aromatic heterocycles. The fourth-order valence-electron chi connectivity index (χ4n) is 1.63. The molecule has 100 valence electrons. The van der Waals surface area contributed by atoms with Gasteiger partial charge in [0.1, 0.15) is 5.82 Å². The molecule has 1 aromatic rings. The first-order valence-electron chi connectivity index (χ1n) is 6.06. The first kappa shape index (κ1) is 14.8. The Bertz CT molecular complexity index is 398. The van der Waals surface area contributed by atoms with Crippen molar-refractivity contribution in [2.24, 2.45) is 0 Å². The Hall–Kier alpha value is -1.23. The van der Waals surface area contributed by atoms with E-state index < -0.39 is 0 Å². The summed E-state index contributed by atoms with van der Waals surface area (Å²) in [4.78, 5) is 18.4. The van der Waals surface area contributed by atoms with Crippen LogP contribution >= 0.6 is 11.8 Å². The van der Waals surface area contributed by atoms with Crippen LogP contribution in [0.25, 0.3) is 0 Å². The summed E-state index contributed by atoms with van der Waals surface area (Å²) in [6.45, 7) is 4.79. The van der Waals surface area contributed by atoms with Gasteiger partial charge in [0.2, 0.25) is 0 Å². The van der Waals surface area contributed by atoms with Crippen LogP contribution in [0.1, 0.15) is 24.2 Å². The first-order chi connectivity index (χ1) is 8.61. The average molecular weight is 267 g/mol. The Morgan fingerprint density at radius 3 is 2.94 bits per heavy atom. The Balaban J connectivity index is 2.89. The van der Waals surface area contributed by atoms with Gasteiger partial charge in [-0.05, 0) is 32.2 Å². The Morgan fingerprint density at radius 1 is 1.61 bits per heavy atom. The van der Waals surface area contributed by atoms with Gasteiger partial charge in [0.05, 0.1) is 5.56 Å². The lowest BCUT2D eigenvalue weighted by Gasteiger charge is -2.25. The summed E-state index contributed by atoms with van der Waals surface area (Å²) in [5, 5.41) is 3.12. The van der Waals surface area contributed by atoms with Gasteiger partial charge in [0, 0.05) is 31.6 Å². The summed E-state index contributed by atoms with van der Waals surface area (Å²) in [7, 11) is 1.84. The van der Waals surface area contributed by atoms with E-state index in [-0.39, 0.29) is 11.9 Å². The minimum absolute atomic E-state index is 0.0144. The fraction of sp³-hybridized carbons (Fsp3) is 0.538. The van der Waals surface area contributed by atoms with Crippen molar-refractivity contribution in [3.05, 3.63) is 23.9 Å². The van der Waals surface area contributed by atoms with Gasteiger partial charge in [-0.15, -0.1) is 0 Å². The van der Waals surface area contributed by atoms with E-state index in [0.29, 0.717) is 11.4 Å². The number of carbonyl (C=O) groups excluding carboxylic acids is 1. The summed E-state index contributed by atoms with van der Waals surface area (Å²) in [5.41, 5.74) is 0.634. The molecule has 0 saturated carbocycles. The van der Waals surface area contributed by atoms with Crippen LogP contribution in [0.4, 0.5) is 5.82 Å². The van der Waals surface area contributed by atoms with E-state index in [9.17, 15) is 4.79 Å². The highest BCUT2D eigenvalue weighted by atomic mass is 32.2. The maximum atomic E-state index is 12.4. The number of anilines is 1. The van der Waals surface area contributed by atoms with E-state index in [1.807, 2.05) is 26.3 Å². The van der Waals surface area contributed by atoms with E-state index in [1.54, 1.807) is 28.9 Å². The molecule has 0 radical (unpaired) electrons. The first-order valence-corrected chi connectivity index (χ1v) is 7.46. The molecule has 0 saturated heterocycles. The zero-order chi connectivity index (χ0) is 13.5. The molecule has 0 fully saturated rings. The van der Waals surface area contributed by atoms with Crippen LogP contribution < -0.4 is 5.32 Å². The van der Waals surface area contributed by atoms with Crippen molar-refractivity contribution in [1.29, 1.82) is 0 Å². The standard InChI is InChI=1S/C13H21N3OS/c1-5-14-12-11(7-6-8-15-12)13(17)16(3)10(2)9-18-4/h6-8,10H,5,9H2,1-4H3,(H,14,15). The summed E-state index contributed by atoms with van der Waals surface area (Å²) in [5.74, 6) is 1.60. The van der Waals surface area contributed by atoms with Gasteiger partial charge < -0.3 is 10.2 Å². The zero-order valence-electron chi connectivity index (χ0n) is 11.4. The third kappa shape index (κ3) is 3.63. The number of hydrogen-bond donors (Lipinski definition) is 1. The largest absolute Gasteiger partial charge is 0.370 e. The molecule has 4 nitrogen and oxygen atoms in total. The van der Waals surface area contributed by atoms with Gasteiger partial charge >= 0.3 is 0 Å². The predicted octanol–water partition coefficient (Wildman–Crippen LogP) is 2.34. The van der Waals surface area contributed by atoms with Crippen LogP contribution in [0.15, 0.2) is 18.3 Å². The molecule has 1 heterocycles. The Labute approximate surface area is 113 Å². The van der Waals surface area contributed by atoms with E-state index in [0.717, 1.165) is 12.3 Å². The van der Waals surface area contributed by atoms with Gasteiger partial charge in [-0.1, -0.05) is 0 Å². The number of thioether (sulfide) groups is 1. The molecule has 1 atom stereocenters. The smallest absolute Gasteiger partial charge is 0.257 e. The highest BCUT2D eigenvalue weighted by Gasteiger charge is 2.20. The second kappa shape index (κ2) is 7.26. The quantitative estimate of drug-likeness (QED) is 0.859. The molecule has 0 aromatic carbocycles. The minimum Gasteiger partial charge on any atom is -0.370 e. The van der Waals surface area contributed by atoms with Crippen molar-refractivity contribution < 1.29 is 4.79 Å². The predicted molar refractivity (Wildman–Crippen MR) is 78.3 cm³/mol. The van der Waals surface area contributed by atoms with E-state index in [2.05, 4.69) is 17.2 Å². The number of amides is 1. The van der Waals surface area contributed by atoms with Gasteiger partial charge in [0.25, 0.3) is 5.91 Å². The number of nitrogens with zero attached hydrogens (tertiary/aromatic N) is 2. The maximum Gasteiger partial charge on any atom is 0.257 e. The molecule has 1 N–H and O–H groups in total. The van der Waals surface area contributed by atoms with Crippen LogP contribution in [0.2, 0.25) is 0 Å². The van der Waals surface area contributed by atoms with Gasteiger partial charge in [0.15, 0.2) is 0 Å². The third-order valence-electron chi connectivity index (χ3n) is 2.77. The van der Waals surface area contributed by atoms with Crippen LogP contribution in [0.3, 0.4) is 0 Å². The lowest BCUT2D eigenvalue weighted by atomic mass is 10.2. The van der Waals surface area contributed by atoms with E-state index in [4.69, 9.17) is 0 Å². The molecule has 0 aliphatic carbocycles. The monoisotopic (exact) mass is 267 g/mol. The number of pyridine rings is 1. The normalized spacial score (nSPS) is 12.0. The molecule has 0 aliphatic heterocycles. The number of rotatable bonds is 6. The number of aromatic nitrogens is 1. The minimum atomic E-state index is 0.0144. The summed E-state index contributed by atoms with van der Waals surface area (Å²) in [6.07, 6.45) is 3.74. The van der Waals surface area contributed by atoms with Gasteiger partial charge in [-0.3, -0.25) is 4.79 Å². The SMILES string of the molecule is CCNc1ncccc1C(=O)N(C)C(C)CSC. The summed E-state index contributed by atoms with van der Waals surface area (Å²) in [6, 6.07) is 3.82. The molecular formula is C13H21N3OS. The van der Waals surface area contributed by atoms with E-state index >= 15 is 0 Å². The third-order valence-corrected chi connectivity index (χ3v) is 3.59. The van der Waals surface area contributed by atoms with Gasteiger partial charge in [-0.2, -0.15) is 11.8 Å². The lowest BCUT2D eigenvalue weighted by molar-refractivity contribution is 0.0758. The van der Waals surface area contributed by atoms with Crippen LogP contribution in [0.5, 0.6) is 0 Å². The molecule has 0 aliphatic rings. The van der Waals surface area contributed by atoms with Crippen LogP contribution in [-0.2, 0) is 0 Å². The number of hydrogen-bond acceptors (Lipinski definition) is 4. The molecule has 5 heteroatoms. The van der Waals surface area contributed by atoms with Crippen molar-refractivity contribution in [1.82, 2.24) is 9.88 Å². The second-order valence-electron chi connectivity index (χ2n) is 4.15. The molecule has 0 bridgehead atoms. The fourth-order valence-corrected chi connectivity index (χ4v) is 2.34. The molecule has 0 spiro atoms. The van der Waals surface area contributed by atoms with Crippen LogP contribution in [0, 0.1) is 0 Å². The summed E-state index contributed by atoms with van der Waals surface area (Å²) < 4.78 is 0. The summed E-state index contributed by atoms with van der Waals surface area (Å²) >= 11 is 1.74. The van der Waals surface area contributed by atoms with Crippen molar-refractivity contribution in [2.45, 2.75) is 19.9 Å². The number of nitrogens with one attached hydrogen (secondary N) is 1. The number of carbonyl (C=O) groups is 1. The molecule has 1 rings (SSSR count). The van der Waals surface area contributed by atoms with Crippen LogP contribution in [-0.4, -0.2) is 47.4 Å². The van der Waals surface area contributed by atoms with Crippen molar-refractivity contribution in [2.75, 3.05) is 30.9 Å². The molecule has 18 heavy (non-hydrogen) atoms. The molecule has 1 unspecified atom stereocenters. The van der Waals surface area contributed by atoms with E-state index in [1.165, 1.54) is 0 Å². The molecular weight excluding hydrogens is 246 g/mol. The highest BCUT2D eigenvalue weighted by Crippen LogP contribution is 2.15. The average Bonchev–Trinajstić information content (AvgIpc) is 2.38. The Kier molecular flexibility index (Phi) is 5.98. The Morgan fingerprint density at radius 2 is 2.33 bits per heavy atom. The van der Waals surface area contributed by atoms with Crippen molar-refractivity contribution in [3.63, 3.8) is 0 Å². The zero-order valence-corrected chi connectivity index (χ0v) is 12.3. The van der Waals surface area contributed by atoms with Crippen molar-refractivity contribution >= 4 is 23.5 Å².